The number of sulfone groups is 1. The summed E-state index contributed by atoms with van der Waals surface area (Å²) in [5.74, 6) is -0.546. The van der Waals surface area contributed by atoms with Crippen molar-refractivity contribution in [2.24, 2.45) is 0 Å². The van der Waals surface area contributed by atoms with Crippen molar-refractivity contribution in [1.29, 1.82) is 0 Å². The molecule has 1 amide bonds. The van der Waals surface area contributed by atoms with E-state index in [-0.39, 0.29) is 52.4 Å². The quantitative estimate of drug-likeness (QED) is 0.244. The molecular formula is C28H20ClF7N4O3S. The SMILES string of the molecule is O=C(c1ccc2nncn2c1)N1CCC2(S(=O)(=O)c3ccc(Cl)cc3)c3ccc(C(F)(C(F)(F)F)C(F)(F)F)cc3CCC12. The van der Waals surface area contributed by atoms with Gasteiger partial charge in [0.25, 0.3) is 5.91 Å². The van der Waals surface area contributed by atoms with Gasteiger partial charge in [-0.1, -0.05) is 29.8 Å². The molecule has 0 spiro atoms. The number of alkyl halides is 7. The van der Waals surface area contributed by atoms with Crippen molar-refractivity contribution in [3.8, 4) is 0 Å². The highest BCUT2D eigenvalue weighted by molar-refractivity contribution is 7.92. The molecule has 1 fully saturated rings. The third kappa shape index (κ3) is 4.22. The van der Waals surface area contributed by atoms with E-state index in [1.54, 1.807) is 0 Å². The van der Waals surface area contributed by atoms with Crippen LogP contribution in [0.25, 0.3) is 5.65 Å². The van der Waals surface area contributed by atoms with Crippen molar-refractivity contribution in [2.45, 2.75) is 53.0 Å². The summed E-state index contributed by atoms with van der Waals surface area (Å²) >= 11 is 5.96. The molecule has 3 heterocycles. The molecule has 1 aliphatic heterocycles. The third-order valence-corrected chi connectivity index (χ3v) is 11.3. The Kier molecular flexibility index (Phi) is 6.81. The molecular weight excluding hydrogens is 641 g/mol. The number of benzene rings is 2. The van der Waals surface area contributed by atoms with Crippen LogP contribution in [-0.2, 0) is 26.7 Å². The van der Waals surface area contributed by atoms with E-state index >= 15 is 4.39 Å². The van der Waals surface area contributed by atoms with Crippen LogP contribution in [0, 0.1) is 0 Å². The zero-order valence-corrected chi connectivity index (χ0v) is 23.8. The topological polar surface area (TPSA) is 84.6 Å². The van der Waals surface area contributed by atoms with Gasteiger partial charge in [0.1, 0.15) is 11.1 Å². The fraction of sp³-hybridized carbons (Fsp3) is 0.321. The lowest BCUT2D eigenvalue weighted by Gasteiger charge is -2.43. The minimum Gasteiger partial charge on any atom is -0.334 e. The molecule has 44 heavy (non-hydrogen) atoms. The Morgan fingerprint density at radius 1 is 0.955 bits per heavy atom. The second-order valence-electron chi connectivity index (χ2n) is 10.7. The molecule has 0 bridgehead atoms. The number of carbonyl (C=O) groups is 1. The second kappa shape index (κ2) is 9.89. The number of aromatic nitrogens is 3. The lowest BCUT2D eigenvalue weighted by molar-refractivity contribution is -0.348. The monoisotopic (exact) mass is 660 g/mol. The van der Waals surface area contributed by atoms with Crippen LogP contribution in [0.15, 0.2) is 72.0 Å². The van der Waals surface area contributed by atoms with Crippen molar-refractivity contribution in [1.82, 2.24) is 19.5 Å². The van der Waals surface area contributed by atoms with Crippen molar-refractivity contribution in [3.63, 3.8) is 0 Å². The number of amides is 1. The molecule has 232 valence electrons. The Morgan fingerprint density at radius 3 is 2.30 bits per heavy atom. The zero-order valence-electron chi connectivity index (χ0n) is 22.2. The Hall–Kier alpha value is -3.72. The summed E-state index contributed by atoms with van der Waals surface area (Å²) in [5.41, 5.74) is -7.05. The Balaban J connectivity index is 1.52. The van der Waals surface area contributed by atoms with E-state index in [0.717, 1.165) is 6.07 Å². The first-order chi connectivity index (χ1) is 20.5. The summed E-state index contributed by atoms with van der Waals surface area (Å²) < 4.78 is 125. The molecule has 6 rings (SSSR count). The smallest absolute Gasteiger partial charge is 0.334 e. The number of rotatable bonds is 4. The van der Waals surface area contributed by atoms with Gasteiger partial charge in [0.2, 0.25) is 0 Å². The van der Waals surface area contributed by atoms with Crippen LogP contribution in [0.2, 0.25) is 5.02 Å². The maximum atomic E-state index is 15.0. The van der Waals surface area contributed by atoms with Gasteiger partial charge in [-0.15, -0.1) is 10.2 Å². The van der Waals surface area contributed by atoms with Gasteiger partial charge in [0.05, 0.1) is 16.5 Å². The first-order valence-corrected chi connectivity index (χ1v) is 15.0. The van der Waals surface area contributed by atoms with Crippen LogP contribution in [0.5, 0.6) is 0 Å². The molecule has 2 aromatic carbocycles. The fourth-order valence-electron chi connectivity index (χ4n) is 6.42. The summed E-state index contributed by atoms with van der Waals surface area (Å²) in [6.07, 6.45) is -10.4. The molecule has 2 unspecified atom stereocenters. The molecule has 2 aromatic heterocycles. The van der Waals surface area contributed by atoms with Gasteiger partial charge in [-0.3, -0.25) is 9.20 Å². The van der Waals surface area contributed by atoms with Crippen molar-refractivity contribution < 1.29 is 43.9 Å². The van der Waals surface area contributed by atoms with Crippen LogP contribution in [0.4, 0.5) is 30.7 Å². The molecule has 2 aliphatic rings. The maximum Gasteiger partial charge on any atom is 0.435 e. The summed E-state index contributed by atoms with van der Waals surface area (Å²) in [7, 11) is -4.49. The van der Waals surface area contributed by atoms with E-state index in [9.17, 15) is 39.6 Å². The number of carbonyl (C=O) groups excluding carboxylic acids is 1. The number of hydrogen-bond donors (Lipinski definition) is 0. The fourth-order valence-corrected chi connectivity index (χ4v) is 8.91. The van der Waals surface area contributed by atoms with Crippen LogP contribution >= 0.6 is 11.6 Å². The number of halogens is 8. The predicted octanol–water partition coefficient (Wildman–Crippen LogP) is 6.20. The Morgan fingerprint density at radius 2 is 1.64 bits per heavy atom. The highest BCUT2D eigenvalue weighted by Crippen LogP contribution is 2.56. The van der Waals surface area contributed by atoms with Crippen LogP contribution in [-0.4, -0.2) is 58.8 Å². The predicted molar refractivity (Wildman–Crippen MR) is 142 cm³/mol. The molecule has 0 saturated carbocycles. The van der Waals surface area contributed by atoms with Crippen LogP contribution in [0.1, 0.15) is 39.9 Å². The second-order valence-corrected chi connectivity index (χ2v) is 13.3. The lowest BCUT2D eigenvalue weighted by atomic mass is 9.76. The summed E-state index contributed by atoms with van der Waals surface area (Å²) in [4.78, 5) is 14.9. The molecule has 4 aromatic rings. The summed E-state index contributed by atoms with van der Waals surface area (Å²) in [6.45, 7) is -0.101. The van der Waals surface area contributed by atoms with E-state index < -0.39 is 50.1 Å². The third-order valence-electron chi connectivity index (χ3n) is 8.47. The average molecular weight is 661 g/mol. The van der Waals surface area contributed by atoms with Crippen LogP contribution in [0.3, 0.4) is 0 Å². The van der Waals surface area contributed by atoms with Crippen LogP contribution < -0.4 is 0 Å². The Bertz CT molecular complexity index is 1880. The lowest BCUT2D eigenvalue weighted by Crippen LogP contribution is -2.53. The van der Waals surface area contributed by atoms with Gasteiger partial charge in [0.15, 0.2) is 15.5 Å². The number of pyridine rings is 1. The number of nitrogens with zero attached hydrogens (tertiary/aromatic N) is 4. The molecule has 1 saturated heterocycles. The minimum atomic E-state index is -6.34. The molecule has 7 nitrogen and oxygen atoms in total. The number of hydrogen-bond acceptors (Lipinski definition) is 5. The van der Waals surface area contributed by atoms with E-state index in [0.29, 0.717) is 17.8 Å². The highest BCUT2D eigenvalue weighted by Gasteiger charge is 2.73. The van der Waals surface area contributed by atoms with Gasteiger partial charge >= 0.3 is 18.0 Å². The summed E-state index contributed by atoms with van der Waals surface area (Å²) in [5, 5.41) is 7.86. The van der Waals surface area contributed by atoms with E-state index in [1.165, 1.54) is 58.2 Å². The molecule has 0 N–H and O–H groups in total. The maximum absolute atomic E-state index is 15.0. The summed E-state index contributed by atoms with van der Waals surface area (Å²) in [6, 6.07) is 8.65. The van der Waals surface area contributed by atoms with Crippen molar-refractivity contribution >= 4 is 33.0 Å². The van der Waals surface area contributed by atoms with Gasteiger partial charge in [-0.05, 0) is 66.8 Å². The van der Waals surface area contributed by atoms with E-state index in [4.69, 9.17) is 11.6 Å². The standard InChI is InChI=1S/C28H20ClF7N4O3S/c29-19-4-6-20(7-5-19)44(42,43)25-11-12-40(24(41)17-2-10-23-38-37-15-39(23)14-17)22(25)9-1-16-13-18(3-8-21(16)25)26(30,27(31,32)33)28(34,35)36/h2-8,10,13-15,22H,1,9,11-12H2. The zero-order chi connectivity index (χ0) is 31.9. The minimum absolute atomic E-state index is 0.0938. The van der Waals surface area contributed by atoms with Gasteiger partial charge in [0, 0.05) is 23.3 Å². The normalized spacial score (nSPS) is 20.9. The van der Waals surface area contributed by atoms with Gasteiger partial charge in [-0.25, -0.2) is 12.8 Å². The van der Waals surface area contributed by atoms with E-state index in [2.05, 4.69) is 10.2 Å². The number of fused-ring (bicyclic) bond motifs is 4. The molecule has 16 heteroatoms. The van der Waals surface area contributed by atoms with Gasteiger partial charge in [-0.2, -0.15) is 26.3 Å². The average Bonchev–Trinajstić information content (AvgIpc) is 3.60. The molecule has 2 atom stereocenters. The highest BCUT2D eigenvalue weighted by atomic mass is 35.5. The van der Waals surface area contributed by atoms with Crippen molar-refractivity contribution in [2.75, 3.05) is 6.54 Å². The van der Waals surface area contributed by atoms with Crippen molar-refractivity contribution in [3.05, 3.63) is 94.4 Å². The largest absolute Gasteiger partial charge is 0.435 e. The first kappa shape index (κ1) is 30.3. The van der Waals surface area contributed by atoms with E-state index in [1.807, 2.05) is 0 Å². The Labute approximate surface area is 250 Å². The molecule has 1 aliphatic carbocycles. The number of aryl methyl sites for hydroxylation is 1. The first-order valence-electron chi connectivity index (χ1n) is 13.1. The van der Waals surface area contributed by atoms with Gasteiger partial charge < -0.3 is 4.90 Å². The molecule has 0 radical (unpaired) electrons. The number of likely N-dealkylation sites (tertiary alicyclic amines) is 1.